The molecule has 0 unspecified atom stereocenters. The molecule has 0 bridgehead atoms. The normalized spacial score (nSPS) is 10.6. The van der Waals surface area contributed by atoms with Crippen molar-refractivity contribution in [2.45, 2.75) is 20.8 Å². The Bertz CT molecular complexity index is 768. The van der Waals surface area contributed by atoms with Crippen molar-refractivity contribution < 1.29 is 14.3 Å². The molecule has 126 valence electrons. The molecule has 2 N–H and O–H groups in total. The fourth-order valence-corrected chi connectivity index (χ4v) is 2.56. The number of aromatic nitrogens is 1. The van der Waals surface area contributed by atoms with Crippen LogP contribution in [0.25, 0.3) is 6.08 Å². The van der Waals surface area contributed by atoms with Gasteiger partial charge < -0.3 is 10.1 Å². The zero-order chi connectivity index (χ0) is 17.5. The van der Waals surface area contributed by atoms with Gasteiger partial charge in [-0.15, -0.1) is 11.3 Å². The second-order valence-electron chi connectivity index (χ2n) is 4.94. The summed E-state index contributed by atoms with van der Waals surface area (Å²) in [5.74, 6) is -0.267. The Morgan fingerprint density at radius 2 is 1.96 bits per heavy atom. The third kappa shape index (κ3) is 4.92. The Hall–Kier alpha value is -2.67. The van der Waals surface area contributed by atoms with E-state index in [4.69, 9.17) is 4.74 Å². The van der Waals surface area contributed by atoms with Crippen LogP contribution in [0.15, 0.2) is 29.7 Å². The number of aryl methyl sites for hydroxylation is 1. The molecule has 0 spiro atoms. The number of amides is 2. The van der Waals surface area contributed by atoms with Crippen molar-refractivity contribution in [1.82, 2.24) is 4.98 Å². The molecule has 24 heavy (non-hydrogen) atoms. The maximum atomic E-state index is 12.0. The van der Waals surface area contributed by atoms with Gasteiger partial charge in [-0.05, 0) is 44.5 Å². The van der Waals surface area contributed by atoms with Crippen LogP contribution in [0.3, 0.4) is 0 Å². The lowest BCUT2D eigenvalue weighted by Gasteiger charge is -2.12. The summed E-state index contributed by atoms with van der Waals surface area (Å²) < 4.78 is 4.86. The summed E-state index contributed by atoms with van der Waals surface area (Å²) in [6.45, 7) is 5.75. The van der Waals surface area contributed by atoms with Crippen LogP contribution in [0.5, 0.6) is 0 Å². The lowest BCUT2D eigenvalue weighted by Crippen LogP contribution is -2.15. The Balaban J connectivity index is 2.05. The van der Waals surface area contributed by atoms with Crippen LogP contribution in [0.1, 0.15) is 23.2 Å². The molecule has 0 aliphatic carbocycles. The van der Waals surface area contributed by atoms with Crippen molar-refractivity contribution in [2.75, 3.05) is 17.2 Å². The van der Waals surface area contributed by atoms with Gasteiger partial charge >= 0.3 is 6.09 Å². The summed E-state index contributed by atoms with van der Waals surface area (Å²) in [6.07, 6.45) is 2.57. The van der Waals surface area contributed by atoms with Crippen molar-refractivity contribution >= 4 is 40.8 Å². The highest BCUT2D eigenvalue weighted by atomic mass is 32.1. The van der Waals surface area contributed by atoms with Gasteiger partial charge in [-0.25, -0.2) is 9.78 Å². The number of hydrogen-bond donors (Lipinski definition) is 2. The van der Waals surface area contributed by atoms with E-state index in [9.17, 15) is 9.59 Å². The highest BCUT2D eigenvalue weighted by Crippen LogP contribution is 2.23. The fourth-order valence-electron chi connectivity index (χ4n) is 1.98. The third-order valence-corrected chi connectivity index (χ3v) is 3.94. The molecule has 0 atom stereocenters. The minimum absolute atomic E-state index is 0.267. The molecule has 0 aliphatic rings. The predicted octanol–water partition coefficient (Wildman–Crippen LogP) is 3.98. The molecule has 1 aromatic heterocycles. The van der Waals surface area contributed by atoms with Gasteiger partial charge in [0.05, 0.1) is 17.3 Å². The summed E-state index contributed by atoms with van der Waals surface area (Å²) in [6, 6.07) is 5.26. The monoisotopic (exact) mass is 345 g/mol. The SMILES string of the molecule is CCOC(=O)Nc1cccc(NC(=O)C=Cc2csc(C)n2)c1C. The van der Waals surface area contributed by atoms with Gasteiger partial charge in [0.25, 0.3) is 0 Å². The largest absolute Gasteiger partial charge is 0.450 e. The molecule has 7 heteroatoms. The Labute approximate surface area is 144 Å². The van der Waals surface area contributed by atoms with E-state index in [2.05, 4.69) is 15.6 Å². The van der Waals surface area contributed by atoms with E-state index in [1.165, 1.54) is 17.4 Å². The number of thiazole rings is 1. The first kappa shape index (κ1) is 17.7. The molecular weight excluding hydrogens is 326 g/mol. The zero-order valence-corrected chi connectivity index (χ0v) is 14.6. The van der Waals surface area contributed by atoms with E-state index >= 15 is 0 Å². The molecular formula is C17H19N3O3S. The van der Waals surface area contributed by atoms with Gasteiger partial charge in [-0.3, -0.25) is 10.1 Å². The summed E-state index contributed by atoms with van der Waals surface area (Å²) >= 11 is 1.53. The average molecular weight is 345 g/mol. The smallest absolute Gasteiger partial charge is 0.411 e. The number of anilines is 2. The summed E-state index contributed by atoms with van der Waals surface area (Å²) in [4.78, 5) is 27.8. The lowest BCUT2D eigenvalue weighted by molar-refractivity contribution is -0.111. The maximum Gasteiger partial charge on any atom is 0.411 e. The highest BCUT2D eigenvalue weighted by Gasteiger charge is 2.09. The van der Waals surface area contributed by atoms with Crippen molar-refractivity contribution in [3.8, 4) is 0 Å². The standard InChI is InChI=1S/C17H19N3O3S/c1-4-23-17(22)20-15-7-5-6-14(11(15)2)19-16(21)9-8-13-10-24-12(3)18-13/h5-10H,4H2,1-3H3,(H,19,21)(H,20,22). The van der Waals surface area contributed by atoms with Gasteiger partial charge in [-0.1, -0.05) is 6.07 Å². The number of ether oxygens (including phenoxy) is 1. The van der Waals surface area contributed by atoms with Crippen molar-refractivity contribution in [3.05, 3.63) is 45.9 Å². The molecule has 2 aromatic rings. The minimum atomic E-state index is -0.525. The van der Waals surface area contributed by atoms with Gasteiger partial charge in [0.1, 0.15) is 0 Å². The quantitative estimate of drug-likeness (QED) is 0.803. The molecule has 6 nitrogen and oxygen atoms in total. The minimum Gasteiger partial charge on any atom is -0.450 e. The van der Waals surface area contributed by atoms with Crippen LogP contribution >= 0.6 is 11.3 Å². The fraction of sp³-hybridized carbons (Fsp3) is 0.235. The molecule has 2 amide bonds. The summed E-state index contributed by atoms with van der Waals surface area (Å²) in [5, 5.41) is 8.27. The van der Waals surface area contributed by atoms with E-state index in [0.717, 1.165) is 16.3 Å². The van der Waals surface area contributed by atoms with E-state index in [0.29, 0.717) is 18.0 Å². The molecule has 1 heterocycles. The second-order valence-corrected chi connectivity index (χ2v) is 6.00. The van der Waals surface area contributed by atoms with Gasteiger partial charge in [0, 0.05) is 22.8 Å². The summed E-state index contributed by atoms with van der Waals surface area (Å²) in [5.41, 5.74) is 2.71. The Morgan fingerprint density at radius 1 is 1.25 bits per heavy atom. The second kappa shape index (κ2) is 8.26. The molecule has 1 aromatic carbocycles. The van der Waals surface area contributed by atoms with E-state index < -0.39 is 6.09 Å². The molecule has 0 saturated carbocycles. The molecule has 0 radical (unpaired) electrons. The number of carbonyl (C=O) groups is 2. The first-order valence-corrected chi connectivity index (χ1v) is 8.32. The van der Waals surface area contributed by atoms with E-state index in [-0.39, 0.29) is 5.91 Å². The van der Waals surface area contributed by atoms with Gasteiger partial charge in [0.15, 0.2) is 0 Å². The van der Waals surface area contributed by atoms with Crippen molar-refractivity contribution in [1.29, 1.82) is 0 Å². The maximum absolute atomic E-state index is 12.0. The summed E-state index contributed by atoms with van der Waals surface area (Å²) in [7, 11) is 0. The zero-order valence-electron chi connectivity index (χ0n) is 13.8. The van der Waals surface area contributed by atoms with Crippen LogP contribution in [-0.4, -0.2) is 23.6 Å². The molecule has 0 fully saturated rings. The number of hydrogen-bond acceptors (Lipinski definition) is 5. The van der Waals surface area contributed by atoms with E-state index in [1.807, 2.05) is 19.2 Å². The number of benzene rings is 1. The highest BCUT2D eigenvalue weighted by molar-refractivity contribution is 7.09. The van der Waals surface area contributed by atoms with Crippen LogP contribution in [0.2, 0.25) is 0 Å². The van der Waals surface area contributed by atoms with E-state index in [1.54, 1.807) is 31.2 Å². The van der Waals surface area contributed by atoms with Gasteiger partial charge in [-0.2, -0.15) is 0 Å². The number of nitrogens with zero attached hydrogens (tertiary/aromatic N) is 1. The van der Waals surface area contributed by atoms with Crippen LogP contribution < -0.4 is 10.6 Å². The van der Waals surface area contributed by atoms with Crippen molar-refractivity contribution in [3.63, 3.8) is 0 Å². The average Bonchev–Trinajstić information content (AvgIpc) is 2.95. The number of rotatable bonds is 5. The van der Waals surface area contributed by atoms with Gasteiger partial charge in [0.2, 0.25) is 5.91 Å². The molecule has 0 saturated heterocycles. The third-order valence-electron chi connectivity index (χ3n) is 3.15. The first-order valence-electron chi connectivity index (χ1n) is 7.44. The topological polar surface area (TPSA) is 80.3 Å². The first-order chi connectivity index (χ1) is 11.5. The van der Waals surface area contributed by atoms with Crippen LogP contribution in [0, 0.1) is 13.8 Å². The number of nitrogens with one attached hydrogen (secondary N) is 2. The molecule has 0 aliphatic heterocycles. The molecule has 2 rings (SSSR count). The Kier molecular flexibility index (Phi) is 6.08. The van der Waals surface area contributed by atoms with Crippen LogP contribution in [0.4, 0.5) is 16.2 Å². The Morgan fingerprint density at radius 3 is 2.58 bits per heavy atom. The number of carbonyl (C=O) groups excluding carboxylic acids is 2. The predicted molar refractivity (Wildman–Crippen MR) is 96.3 cm³/mol. The van der Waals surface area contributed by atoms with Crippen LogP contribution in [-0.2, 0) is 9.53 Å². The van der Waals surface area contributed by atoms with Crippen molar-refractivity contribution in [2.24, 2.45) is 0 Å². The lowest BCUT2D eigenvalue weighted by atomic mass is 10.1.